The van der Waals surface area contributed by atoms with Crippen LogP contribution in [0.2, 0.25) is 0 Å². The van der Waals surface area contributed by atoms with Crippen molar-refractivity contribution in [3.8, 4) is 0 Å². The number of thioether (sulfide) groups is 1. The van der Waals surface area contributed by atoms with Crippen molar-refractivity contribution in [1.82, 2.24) is 4.57 Å². The first-order valence-corrected chi connectivity index (χ1v) is 13.0. The van der Waals surface area contributed by atoms with Gasteiger partial charge < -0.3 is 14.0 Å². The van der Waals surface area contributed by atoms with E-state index in [9.17, 15) is 9.59 Å². The van der Waals surface area contributed by atoms with E-state index in [1.165, 1.54) is 11.8 Å². The molecule has 0 aromatic carbocycles. The van der Waals surface area contributed by atoms with Gasteiger partial charge in [-0.25, -0.2) is 0 Å². The zero-order valence-corrected chi connectivity index (χ0v) is 22.5. The molecule has 2 rings (SSSR count). The lowest BCUT2D eigenvalue weighted by molar-refractivity contribution is -0.115. The first-order chi connectivity index (χ1) is 16.8. The molecule has 1 aromatic heterocycles. The monoisotopic (exact) mass is 495 g/mol. The molecule has 2 heterocycles. The number of carbonyl (C=O) groups excluding carboxylic acids is 1. The Balaban J connectivity index is 2.80. The predicted molar refractivity (Wildman–Crippen MR) is 147 cm³/mol. The first-order valence-electron chi connectivity index (χ1n) is 11.7. The number of methoxy groups -OCH3 is 1. The van der Waals surface area contributed by atoms with Crippen LogP contribution in [0.1, 0.15) is 56.2 Å². The number of pyridine rings is 1. The van der Waals surface area contributed by atoms with Gasteiger partial charge in [0.05, 0.1) is 29.9 Å². The highest BCUT2D eigenvalue weighted by atomic mass is 32.2. The topological polar surface area (TPSA) is 57.5 Å². The molecule has 0 saturated heterocycles. The van der Waals surface area contributed by atoms with Crippen LogP contribution in [0.25, 0.3) is 5.57 Å². The molecule has 2 atom stereocenters. The van der Waals surface area contributed by atoms with Crippen molar-refractivity contribution in [3.05, 3.63) is 99.3 Å². The zero-order chi connectivity index (χ0) is 26.1. The lowest BCUT2D eigenvalue weighted by Crippen LogP contribution is -2.29. The number of nitrogens with zero attached hydrogens (tertiary/aromatic N) is 1. The minimum absolute atomic E-state index is 0.110. The van der Waals surface area contributed by atoms with E-state index in [1.807, 2.05) is 25.3 Å². The minimum atomic E-state index is -0.768. The second-order valence-electron chi connectivity index (χ2n) is 8.39. The number of carbonyl (C=O) groups is 1. The van der Waals surface area contributed by atoms with Crippen molar-refractivity contribution in [2.75, 3.05) is 13.4 Å². The van der Waals surface area contributed by atoms with Gasteiger partial charge >= 0.3 is 0 Å². The van der Waals surface area contributed by atoms with Crippen LogP contribution in [0.5, 0.6) is 0 Å². The van der Waals surface area contributed by atoms with Gasteiger partial charge in [-0.1, -0.05) is 44.4 Å². The quantitative estimate of drug-likeness (QED) is 0.193. The number of aromatic nitrogens is 1. The summed E-state index contributed by atoms with van der Waals surface area (Å²) in [5.74, 6) is 0.449. The second kappa shape index (κ2) is 13.3. The third-order valence-electron chi connectivity index (χ3n) is 5.93. The standard InChI is InChI=1S/C29H37NO4S/c1-9-12-21(20(6)11-3)14-22-16-30-26(23(22)13-10-2)15-24(25(18-33-7)29(30)32)28(35-8)27(17-31)34-19(4)5/h9,11-15,17,27-28H,1,4,10,16,18H2,2-3,5-8H3/b20-11-,21-12-,22-14-,23-13+. The van der Waals surface area contributed by atoms with Gasteiger partial charge in [0.1, 0.15) is 0 Å². The fourth-order valence-corrected chi connectivity index (χ4v) is 5.07. The van der Waals surface area contributed by atoms with Gasteiger partial charge in [0.2, 0.25) is 0 Å². The summed E-state index contributed by atoms with van der Waals surface area (Å²) in [5.41, 5.74) is 6.29. The first kappa shape index (κ1) is 28.4. The van der Waals surface area contributed by atoms with Crippen molar-refractivity contribution < 1.29 is 14.3 Å². The van der Waals surface area contributed by atoms with E-state index in [2.05, 4.69) is 45.2 Å². The Hall–Kier alpha value is -2.83. The molecule has 0 radical (unpaired) electrons. The Morgan fingerprint density at radius 3 is 2.57 bits per heavy atom. The normalized spacial score (nSPS) is 17.9. The molecule has 0 fully saturated rings. The smallest absolute Gasteiger partial charge is 0.257 e. The maximum atomic E-state index is 13.8. The van der Waals surface area contributed by atoms with Crippen molar-refractivity contribution >= 4 is 23.6 Å². The molecule has 0 bridgehead atoms. The highest BCUT2D eigenvalue weighted by molar-refractivity contribution is 7.98. The van der Waals surface area contributed by atoms with Crippen LogP contribution in [-0.4, -0.2) is 30.3 Å². The Morgan fingerprint density at radius 2 is 2.06 bits per heavy atom. The van der Waals surface area contributed by atoms with Crippen LogP contribution in [0.3, 0.4) is 0 Å². The van der Waals surface area contributed by atoms with Crippen LogP contribution >= 0.6 is 11.8 Å². The Labute approximate surface area is 213 Å². The summed E-state index contributed by atoms with van der Waals surface area (Å²) < 4.78 is 12.9. The van der Waals surface area contributed by atoms with Crippen molar-refractivity contribution in [1.29, 1.82) is 0 Å². The second-order valence-corrected chi connectivity index (χ2v) is 9.37. The number of hydrogen-bond donors (Lipinski definition) is 0. The third kappa shape index (κ3) is 6.44. The summed E-state index contributed by atoms with van der Waals surface area (Å²) in [6.45, 7) is 16.1. The molecular weight excluding hydrogens is 458 g/mol. The minimum Gasteiger partial charge on any atom is -0.487 e. The molecule has 0 spiro atoms. The molecule has 188 valence electrons. The molecule has 35 heavy (non-hydrogen) atoms. The van der Waals surface area contributed by atoms with Gasteiger partial charge in [0.25, 0.3) is 5.56 Å². The van der Waals surface area contributed by atoms with E-state index in [1.54, 1.807) is 24.7 Å². The van der Waals surface area contributed by atoms with Gasteiger partial charge in [0, 0.05) is 12.7 Å². The van der Waals surface area contributed by atoms with E-state index < -0.39 is 6.10 Å². The fraction of sp³-hybridized carbons (Fsp3) is 0.379. The van der Waals surface area contributed by atoms with Crippen molar-refractivity contribution in [2.45, 2.75) is 58.6 Å². The van der Waals surface area contributed by atoms with Crippen molar-refractivity contribution in [2.24, 2.45) is 0 Å². The molecule has 5 nitrogen and oxygen atoms in total. The molecule has 2 unspecified atom stereocenters. The lowest BCUT2D eigenvalue weighted by Gasteiger charge is -2.25. The van der Waals surface area contributed by atoms with E-state index in [4.69, 9.17) is 9.47 Å². The Bertz CT molecular complexity index is 1150. The molecular formula is C29H37NO4S. The SMILES string of the molecule is C=C/C=C(/C=C1/Cn2c(cc(C(SC)C(C=O)OC(=C)C)c(COC)c2=O)/C1=C/CC)C(\C)=C/C. The lowest BCUT2D eigenvalue weighted by atomic mass is 9.96. The average molecular weight is 496 g/mol. The van der Waals surface area contributed by atoms with Crippen molar-refractivity contribution in [3.63, 3.8) is 0 Å². The number of rotatable bonds is 12. The van der Waals surface area contributed by atoms with Gasteiger partial charge in [-0.15, -0.1) is 0 Å². The van der Waals surface area contributed by atoms with Crippen LogP contribution < -0.4 is 5.56 Å². The van der Waals surface area contributed by atoms with Crippen LogP contribution in [-0.2, 0) is 27.4 Å². The van der Waals surface area contributed by atoms with Gasteiger partial charge in [-0.3, -0.25) is 9.59 Å². The van der Waals surface area contributed by atoms with Gasteiger partial charge in [-0.05, 0) is 73.4 Å². The number of ether oxygens (including phenoxy) is 2. The maximum absolute atomic E-state index is 13.8. The predicted octanol–water partition coefficient (Wildman–Crippen LogP) is 6.33. The number of hydrogen-bond acceptors (Lipinski definition) is 5. The van der Waals surface area contributed by atoms with E-state index in [0.29, 0.717) is 17.9 Å². The highest BCUT2D eigenvalue weighted by Crippen LogP contribution is 2.39. The summed E-state index contributed by atoms with van der Waals surface area (Å²) in [6.07, 6.45) is 12.8. The molecule has 0 amide bonds. The van der Waals surface area contributed by atoms with E-state index in [0.717, 1.165) is 46.3 Å². The van der Waals surface area contributed by atoms with Gasteiger partial charge in [-0.2, -0.15) is 11.8 Å². The van der Waals surface area contributed by atoms with Crippen LogP contribution in [0, 0.1) is 0 Å². The largest absolute Gasteiger partial charge is 0.487 e. The molecule has 0 saturated carbocycles. The summed E-state index contributed by atoms with van der Waals surface area (Å²) in [6, 6.07) is 2.02. The number of fused-ring (bicyclic) bond motifs is 1. The molecule has 6 heteroatoms. The van der Waals surface area contributed by atoms with Gasteiger partial charge in [0.15, 0.2) is 12.4 Å². The average Bonchev–Trinajstić information content (AvgIpc) is 3.17. The Morgan fingerprint density at radius 1 is 1.34 bits per heavy atom. The van der Waals surface area contributed by atoms with E-state index in [-0.39, 0.29) is 17.4 Å². The zero-order valence-electron chi connectivity index (χ0n) is 21.7. The van der Waals surface area contributed by atoms with Crippen LogP contribution in [0.15, 0.2) is 76.9 Å². The summed E-state index contributed by atoms with van der Waals surface area (Å²) in [4.78, 5) is 25.7. The Kier molecular flexibility index (Phi) is 10.8. The summed E-state index contributed by atoms with van der Waals surface area (Å²) >= 11 is 1.47. The molecule has 1 aromatic rings. The summed E-state index contributed by atoms with van der Waals surface area (Å²) in [7, 11) is 1.57. The maximum Gasteiger partial charge on any atom is 0.257 e. The molecule has 1 aliphatic rings. The molecule has 0 N–H and O–H groups in total. The molecule has 1 aliphatic heterocycles. The third-order valence-corrected chi connectivity index (χ3v) is 6.96. The van der Waals surface area contributed by atoms with Crippen LogP contribution in [0.4, 0.5) is 0 Å². The fourth-order valence-electron chi connectivity index (χ4n) is 4.22. The highest BCUT2D eigenvalue weighted by Gasteiger charge is 2.32. The number of aldehydes is 1. The molecule has 0 aliphatic carbocycles. The number of allylic oxidation sites excluding steroid dienone is 10. The van der Waals surface area contributed by atoms with E-state index >= 15 is 0 Å². The summed E-state index contributed by atoms with van der Waals surface area (Å²) in [5, 5.41) is -0.384.